The minimum absolute atomic E-state index is 0.0449. The van der Waals surface area contributed by atoms with Gasteiger partial charge in [-0.2, -0.15) is 13.2 Å². The fourth-order valence-corrected chi connectivity index (χ4v) is 5.62. The van der Waals surface area contributed by atoms with Crippen LogP contribution in [0.15, 0.2) is 36.5 Å². The average Bonchev–Trinajstić information content (AvgIpc) is 3.53. The van der Waals surface area contributed by atoms with Crippen LogP contribution in [0.3, 0.4) is 0 Å². The van der Waals surface area contributed by atoms with Gasteiger partial charge in [0.25, 0.3) is 0 Å². The first-order chi connectivity index (χ1) is 23.1. The molecule has 4 amide bonds. The molecule has 5 rings (SSSR count). The van der Waals surface area contributed by atoms with Gasteiger partial charge in [0, 0.05) is 23.7 Å². The Morgan fingerprint density at radius 2 is 1.84 bits per heavy atom. The zero-order chi connectivity index (χ0) is 36.0. The van der Waals surface area contributed by atoms with Crippen molar-refractivity contribution in [3.63, 3.8) is 0 Å². The molecule has 0 radical (unpaired) electrons. The second-order valence-electron chi connectivity index (χ2n) is 11.2. The van der Waals surface area contributed by atoms with Crippen LogP contribution in [0, 0.1) is 11.7 Å². The number of anilines is 2. The third-order valence-electron chi connectivity index (χ3n) is 7.97. The monoisotopic (exact) mass is 712 g/mol. The van der Waals surface area contributed by atoms with E-state index < -0.39 is 36.1 Å². The lowest BCUT2D eigenvalue weighted by atomic mass is 9.96. The van der Waals surface area contributed by atoms with Gasteiger partial charge in [0.05, 0.1) is 54.5 Å². The quantitative estimate of drug-likeness (QED) is 0.187. The summed E-state index contributed by atoms with van der Waals surface area (Å²) in [6.07, 6.45) is -1.86. The van der Waals surface area contributed by atoms with Gasteiger partial charge in [0.1, 0.15) is 11.6 Å². The van der Waals surface area contributed by atoms with E-state index in [4.69, 9.17) is 26.2 Å². The largest absolute Gasteiger partial charge is 0.496 e. The minimum atomic E-state index is -5.08. The summed E-state index contributed by atoms with van der Waals surface area (Å²) in [6, 6.07) is 6.71. The highest BCUT2D eigenvalue weighted by Gasteiger charge is 2.38. The number of carbonyl (C=O) groups is 4. The standard InChI is InChI=1S/C29H32ClFN6O5.C2HF3O2/c1-15-5-4-6-22(37-12-11-19(36-28(37)39)24-23(41-2)10-9-18(30)25(24)31)26-32-14-21(34-26)17-8-7-16(33-29(40)42-3)13-20(17)35-27(15)38;3-2(4,5)1(6)7/h7-10,13-15,19,22H,4-6,11-12H2,1-3H3,(H,32,34)(H,33,40)(H,35,38)(H,36,39);(H,6,7)/t15-,19+,22+;/m1./s1. The number of alkyl halides is 3. The van der Waals surface area contributed by atoms with E-state index in [0.717, 1.165) is 0 Å². The highest BCUT2D eigenvalue weighted by molar-refractivity contribution is 6.30. The zero-order valence-corrected chi connectivity index (χ0v) is 27.2. The number of carbonyl (C=O) groups excluding carboxylic acids is 3. The molecule has 2 aliphatic heterocycles. The Hall–Kier alpha value is -5.06. The Morgan fingerprint density at radius 3 is 2.47 bits per heavy atom. The van der Waals surface area contributed by atoms with E-state index in [1.165, 1.54) is 20.3 Å². The number of hydrogen-bond acceptors (Lipinski definition) is 7. The van der Waals surface area contributed by atoms with Gasteiger partial charge in [0.2, 0.25) is 5.91 Å². The third-order valence-corrected chi connectivity index (χ3v) is 8.26. The molecule has 1 fully saturated rings. The molecule has 0 spiro atoms. The summed E-state index contributed by atoms with van der Waals surface area (Å²) >= 11 is 6.04. The summed E-state index contributed by atoms with van der Waals surface area (Å²) in [7, 11) is 2.71. The number of H-pyrrole nitrogens is 1. The number of carboxylic acid groups (broad SMARTS) is 1. The topological polar surface area (TPSA) is 175 Å². The molecule has 18 heteroatoms. The van der Waals surface area contributed by atoms with E-state index in [2.05, 4.69) is 30.7 Å². The van der Waals surface area contributed by atoms with E-state index in [0.29, 0.717) is 66.4 Å². The van der Waals surface area contributed by atoms with E-state index in [9.17, 15) is 27.6 Å². The highest BCUT2D eigenvalue weighted by atomic mass is 35.5. The number of nitrogens with zero attached hydrogens (tertiary/aromatic N) is 2. The lowest BCUT2D eigenvalue weighted by Gasteiger charge is -2.38. The van der Waals surface area contributed by atoms with E-state index in [-0.39, 0.29) is 28.4 Å². The Kier molecular flexibility index (Phi) is 11.6. The molecule has 3 heterocycles. The van der Waals surface area contributed by atoms with Crippen molar-refractivity contribution in [3.8, 4) is 17.0 Å². The molecule has 3 aromatic rings. The van der Waals surface area contributed by atoms with Crippen LogP contribution in [0.25, 0.3) is 11.3 Å². The van der Waals surface area contributed by atoms with Gasteiger partial charge in [-0.25, -0.2) is 23.8 Å². The Bertz CT molecular complexity index is 1720. The molecule has 0 aliphatic carbocycles. The van der Waals surface area contributed by atoms with Gasteiger partial charge in [-0.15, -0.1) is 0 Å². The number of fused-ring (bicyclic) bond motifs is 4. The number of ether oxygens (including phenoxy) is 2. The summed E-state index contributed by atoms with van der Waals surface area (Å²) in [5.41, 5.74) is 2.45. The summed E-state index contributed by atoms with van der Waals surface area (Å²) in [4.78, 5) is 56.9. The molecule has 3 atom stereocenters. The molecule has 2 aliphatic rings. The maximum Gasteiger partial charge on any atom is 0.490 e. The first-order valence-corrected chi connectivity index (χ1v) is 15.3. The number of amides is 4. The number of halogens is 5. The fourth-order valence-electron chi connectivity index (χ4n) is 5.46. The number of carboxylic acids is 1. The van der Waals surface area contributed by atoms with E-state index in [1.54, 1.807) is 35.4 Å². The van der Waals surface area contributed by atoms with Crippen LogP contribution in [-0.2, 0) is 14.3 Å². The van der Waals surface area contributed by atoms with Gasteiger partial charge in [-0.1, -0.05) is 24.9 Å². The van der Waals surface area contributed by atoms with Gasteiger partial charge in [-0.3, -0.25) is 10.1 Å². The molecule has 5 N–H and O–H groups in total. The molecule has 13 nitrogen and oxygen atoms in total. The van der Waals surface area contributed by atoms with Crippen molar-refractivity contribution >= 4 is 47.0 Å². The van der Waals surface area contributed by atoms with Crippen LogP contribution in [0.5, 0.6) is 5.75 Å². The number of benzene rings is 2. The molecular weight excluding hydrogens is 680 g/mol. The van der Waals surface area contributed by atoms with Crippen LogP contribution in [0.2, 0.25) is 5.02 Å². The van der Waals surface area contributed by atoms with Gasteiger partial charge in [-0.05, 0) is 49.6 Å². The minimum Gasteiger partial charge on any atom is -0.496 e. The van der Waals surface area contributed by atoms with Gasteiger partial charge in [0.15, 0.2) is 5.82 Å². The maximum absolute atomic E-state index is 15.0. The number of rotatable bonds is 4. The third kappa shape index (κ3) is 8.70. The van der Waals surface area contributed by atoms with Crippen LogP contribution >= 0.6 is 11.6 Å². The van der Waals surface area contributed by atoms with Crippen molar-refractivity contribution in [1.82, 2.24) is 20.2 Å². The van der Waals surface area contributed by atoms with Crippen LogP contribution in [0.1, 0.15) is 56.1 Å². The first kappa shape index (κ1) is 36.8. The lowest BCUT2D eigenvalue weighted by molar-refractivity contribution is -0.192. The summed E-state index contributed by atoms with van der Waals surface area (Å²) in [5, 5.41) is 15.6. The Morgan fingerprint density at radius 1 is 1.12 bits per heavy atom. The van der Waals surface area contributed by atoms with Crippen molar-refractivity contribution in [2.75, 3.05) is 31.4 Å². The van der Waals surface area contributed by atoms with Crippen molar-refractivity contribution in [2.24, 2.45) is 5.92 Å². The molecule has 2 aromatic carbocycles. The zero-order valence-electron chi connectivity index (χ0n) is 26.4. The lowest BCUT2D eigenvalue weighted by Crippen LogP contribution is -2.49. The number of aromatic nitrogens is 2. The number of hydrogen-bond donors (Lipinski definition) is 5. The molecule has 49 heavy (non-hydrogen) atoms. The maximum atomic E-state index is 15.0. The van der Waals surface area contributed by atoms with Crippen LogP contribution in [-0.4, -0.2) is 70.9 Å². The van der Waals surface area contributed by atoms with Crippen molar-refractivity contribution in [1.29, 1.82) is 0 Å². The van der Waals surface area contributed by atoms with Crippen molar-refractivity contribution in [3.05, 3.63) is 58.8 Å². The summed E-state index contributed by atoms with van der Waals surface area (Å²) in [5.74, 6) is -2.95. The SMILES string of the molecule is COC(=O)Nc1ccc2c(c1)NC(=O)[C@H](C)CCC[C@H](N1CC[C@@H](c3c(OC)ccc(Cl)c3F)NC1=O)c1ncc-2[nH]1.O=C(O)C(F)(F)F. The molecule has 264 valence electrons. The van der Waals surface area contributed by atoms with Gasteiger partial charge >= 0.3 is 24.3 Å². The molecule has 2 bridgehead atoms. The number of aromatic amines is 1. The number of nitrogens with one attached hydrogen (secondary N) is 4. The Labute approximate surface area is 282 Å². The van der Waals surface area contributed by atoms with Crippen molar-refractivity contribution in [2.45, 2.75) is 50.9 Å². The van der Waals surface area contributed by atoms with Gasteiger partial charge < -0.3 is 35.1 Å². The highest BCUT2D eigenvalue weighted by Crippen LogP contribution is 2.38. The summed E-state index contributed by atoms with van der Waals surface area (Å²) in [6.45, 7) is 2.18. The van der Waals surface area contributed by atoms with E-state index >= 15 is 4.39 Å². The summed E-state index contributed by atoms with van der Waals surface area (Å²) < 4.78 is 56.8. The number of imidazole rings is 1. The molecule has 1 saturated heterocycles. The van der Waals surface area contributed by atoms with Crippen LogP contribution in [0.4, 0.5) is 38.5 Å². The second kappa shape index (κ2) is 15.4. The number of urea groups is 1. The van der Waals surface area contributed by atoms with Crippen molar-refractivity contribution < 1.29 is 51.3 Å². The fraction of sp³-hybridized carbons (Fsp3) is 0.387. The predicted octanol–water partition coefficient (Wildman–Crippen LogP) is 6.65. The molecule has 0 saturated carbocycles. The number of aliphatic carboxylic acids is 1. The molecule has 0 unspecified atom stereocenters. The molecular formula is C31H33ClF4N6O7. The predicted molar refractivity (Wildman–Crippen MR) is 169 cm³/mol. The second-order valence-corrected chi connectivity index (χ2v) is 11.6. The first-order valence-electron chi connectivity index (χ1n) is 14.9. The normalized spacial score (nSPS) is 19.4. The Balaban J connectivity index is 0.000000698. The van der Waals surface area contributed by atoms with E-state index in [1.807, 2.05) is 6.92 Å². The average molecular weight is 713 g/mol. The smallest absolute Gasteiger partial charge is 0.490 e. The van der Waals surface area contributed by atoms with Crippen LogP contribution < -0.4 is 20.7 Å². The molecule has 1 aromatic heterocycles. The number of methoxy groups -OCH3 is 2.